The highest BCUT2D eigenvalue weighted by Crippen LogP contribution is 2.33. The molecule has 1 unspecified atom stereocenters. The van der Waals surface area contributed by atoms with E-state index in [2.05, 4.69) is 10.3 Å². The number of rotatable bonds is 6. The molecule has 6 heteroatoms. The quantitative estimate of drug-likeness (QED) is 0.813. The number of fused-ring (bicyclic) bond motifs is 1. The van der Waals surface area contributed by atoms with Crippen LogP contribution in [0, 0.1) is 6.92 Å². The molecule has 0 saturated heterocycles. The zero-order chi connectivity index (χ0) is 19.4. The van der Waals surface area contributed by atoms with Gasteiger partial charge in [-0.05, 0) is 64.7 Å². The van der Waals surface area contributed by atoms with Crippen molar-refractivity contribution in [1.82, 2.24) is 10.3 Å². The molecular formula is C21H29N3O3. The summed E-state index contributed by atoms with van der Waals surface area (Å²) in [6.07, 6.45) is 3.29. The minimum atomic E-state index is -0.404. The van der Waals surface area contributed by atoms with Gasteiger partial charge in [0.1, 0.15) is 11.9 Å². The van der Waals surface area contributed by atoms with E-state index in [4.69, 9.17) is 15.2 Å². The number of nitrogen functional groups attached to an aromatic ring is 1. The van der Waals surface area contributed by atoms with Gasteiger partial charge in [-0.25, -0.2) is 0 Å². The lowest BCUT2D eigenvalue weighted by molar-refractivity contribution is -0.132. The lowest BCUT2D eigenvalue weighted by atomic mass is 9.92. The van der Waals surface area contributed by atoms with Crippen molar-refractivity contribution in [1.29, 1.82) is 0 Å². The normalized spacial score (nSPS) is 21.0. The van der Waals surface area contributed by atoms with E-state index in [0.717, 1.165) is 48.0 Å². The maximum Gasteiger partial charge on any atom is 0.249 e. The highest BCUT2D eigenvalue weighted by Gasteiger charge is 2.25. The molecule has 0 bridgehead atoms. The molecule has 1 saturated carbocycles. The molecule has 3 rings (SSSR count). The first kappa shape index (κ1) is 19.4. The van der Waals surface area contributed by atoms with Gasteiger partial charge in [-0.15, -0.1) is 0 Å². The van der Waals surface area contributed by atoms with E-state index in [9.17, 15) is 4.79 Å². The van der Waals surface area contributed by atoms with Crippen molar-refractivity contribution >= 4 is 22.5 Å². The van der Waals surface area contributed by atoms with Crippen LogP contribution in [0.5, 0.6) is 5.75 Å². The molecule has 1 aromatic heterocycles. The first-order chi connectivity index (χ1) is 13.0. The van der Waals surface area contributed by atoms with Crippen LogP contribution in [0.25, 0.3) is 10.9 Å². The van der Waals surface area contributed by atoms with Crippen molar-refractivity contribution in [2.45, 2.75) is 64.7 Å². The summed E-state index contributed by atoms with van der Waals surface area (Å²) < 4.78 is 11.6. The van der Waals surface area contributed by atoms with Crippen molar-refractivity contribution in [2.75, 3.05) is 12.3 Å². The van der Waals surface area contributed by atoms with Crippen LogP contribution >= 0.6 is 0 Å². The molecule has 1 atom stereocenters. The summed E-state index contributed by atoms with van der Waals surface area (Å²) in [5.41, 5.74) is 8.66. The second-order valence-corrected chi connectivity index (χ2v) is 7.20. The summed E-state index contributed by atoms with van der Waals surface area (Å²) in [6.45, 7) is 6.15. The van der Waals surface area contributed by atoms with Crippen molar-refractivity contribution in [3.63, 3.8) is 0 Å². The number of nitrogens with two attached hydrogens (primary N) is 1. The van der Waals surface area contributed by atoms with Crippen molar-refractivity contribution in [2.24, 2.45) is 0 Å². The number of carbonyl (C=O) groups is 1. The van der Waals surface area contributed by atoms with Crippen molar-refractivity contribution in [3.8, 4) is 5.75 Å². The Kier molecular flexibility index (Phi) is 6.16. The molecule has 1 aliphatic rings. The lowest BCUT2D eigenvalue weighted by Crippen LogP contribution is -2.44. The van der Waals surface area contributed by atoms with Gasteiger partial charge in [0.2, 0.25) is 5.91 Å². The highest BCUT2D eigenvalue weighted by atomic mass is 16.5. The average Bonchev–Trinajstić information content (AvgIpc) is 2.63. The number of aromatic nitrogens is 1. The molecule has 146 valence electrons. The summed E-state index contributed by atoms with van der Waals surface area (Å²) in [6, 6.07) is 7.92. The molecule has 1 fully saturated rings. The number of nitrogens with zero attached hydrogens (tertiary/aromatic N) is 1. The fourth-order valence-corrected chi connectivity index (χ4v) is 3.67. The highest BCUT2D eigenvalue weighted by molar-refractivity contribution is 5.95. The van der Waals surface area contributed by atoms with E-state index in [-0.39, 0.29) is 18.1 Å². The zero-order valence-corrected chi connectivity index (χ0v) is 16.3. The van der Waals surface area contributed by atoms with Crippen LogP contribution in [0.2, 0.25) is 0 Å². The number of pyridine rings is 1. The van der Waals surface area contributed by atoms with Gasteiger partial charge < -0.3 is 20.5 Å². The van der Waals surface area contributed by atoms with Crippen LogP contribution in [0.15, 0.2) is 24.3 Å². The standard InChI is InChI=1S/C21H29N3O3/c1-4-26-14(3)21(25)24-15-8-10-16(11-9-15)27-19-7-5-6-18-20(19)17(22)12-13(2)23-18/h5-7,12,14-16H,4,8-11H2,1-3H3,(H2,22,23)(H,24,25). The predicted octanol–water partition coefficient (Wildman–Crippen LogP) is 3.36. The molecule has 1 aliphatic carbocycles. The third kappa shape index (κ3) is 4.69. The number of aryl methyl sites for hydroxylation is 1. The topological polar surface area (TPSA) is 86.5 Å². The predicted molar refractivity (Wildman–Crippen MR) is 107 cm³/mol. The van der Waals surface area contributed by atoms with Crippen LogP contribution < -0.4 is 15.8 Å². The van der Waals surface area contributed by atoms with E-state index in [1.54, 1.807) is 6.92 Å². The van der Waals surface area contributed by atoms with E-state index < -0.39 is 6.10 Å². The molecule has 0 aliphatic heterocycles. The Morgan fingerprint density at radius 1 is 1.33 bits per heavy atom. The molecular weight excluding hydrogens is 342 g/mol. The Hall–Kier alpha value is -2.34. The van der Waals surface area contributed by atoms with Crippen LogP contribution in [0.4, 0.5) is 5.69 Å². The number of carbonyl (C=O) groups excluding carboxylic acids is 1. The Morgan fingerprint density at radius 2 is 2.07 bits per heavy atom. The van der Waals surface area contributed by atoms with Crippen LogP contribution in [-0.4, -0.2) is 35.7 Å². The van der Waals surface area contributed by atoms with E-state index in [1.807, 2.05) is 38.1 Å². The summed E-state index contributed by atoms with van der Waals surface area (Å²) >= 11 is 0. The van der Waals surface area contributed by atoms with Crippen molar-refractivity contribution in [3.05, 3.63) is 30.0 Å². The minimum absolute atomic E-state index is 0.0375. The first-order valence-corrected chi connectivity index (χ1v) is 9.72. The number of benzene rings is 1. The molecule has 1 amide bonds. The van der Waals surface area contributed by atoms with Crippen LogP contribution in [0.3, 0.4) is 0 Å². The van der Waals surface area contributed by atoms with Crippen LogP contribution in [0.1, 0.15) is 45.2 Å². The summed E-state index contributed by atoms with van der Waals surface area (Å²) in [5, 5.41) is 3.96. The number of hydrogen-bond acceptors (Lipinski definition) is 5. The minimum Gasteiger partial charge on any atom is -0.490 e. The maximum absolute atomic E-state index is 12.1. The Morgan fingerprint density at radius 3 is 2.78 bits per heavy atom. The molecule has 1 heterocycles. The second-order valence-electron chi connectivity index (χ2n) is 7.20. The van der Waals surface area contributed by atoms with E-state index in [0.29, 0.717) is 12.3 Å². The largest absolute Gasteiger partial charge is 0.490 e. The summed E-state index contributed by atoms with van der Waals surface area (Å²) in [5.74, 6) is 0.749. The third-order valence-electron chi connectivity index (χ3n) is 5.05. The number of anilines is 1. The molecule has 27 heavy (non-hydrogen) atoms. The zero-order valence-electron chi connectivity index (χ0n) is 16.3. The van der Waals surface area contributed by atoms with Gasteiger partial charge in [0.25, 0.3) is 0 Å². The molecule has 0 spiro atoms. The number of ether oxygens (including phenoxy) is 2. The van der Waals surface area contributed by atoms with Gasteiger partial charge >= 0.3 is 0 Å². The number of hydrogen-bond donors (Lipinski definition) is 2. The number of amides is 1. The Labute approximate surface area is 160 Å². The van der Waals surface area contributed by atoms with Gasteiger partial charge in [0, 0.05) is 24.0 Å². The third-order valence-corrected chi connectivity index (χ3v) is 5.05. The fourth-order valence-electron chi connectivity index (χ4n) is 3.67. The molecule has 3 N–H and O–H groups in total. The lowest BCUT2D eigenvalue weighted by Gasteiger charge is -2.30. The van der Waals surface area contributed by atoms with Gasteiger partial charge in [-0.3, -0.25) is 9.78 Å². The van der Waals surface area contributed by atoms with Gasteiger partial charge in [0.05, 0.1) is 17.0 Å². The average molecular weight is 371 g/mol. The monoisotopic (exact) mass is 371 g/mol. The van der Waals surface area contributed by atoms with Gasteiger partial charge in [0.15, 0.2) is 0 Å². The maximum atomic E-state index is 12.1. The Balaban J connectivity index is 1.60. The summed E-state index contributed by atoms with van der Waals surface area (Å²) in [7, 11) is 0. The number of nitrogens with one attached hydrogen (secondary N) is 1. The first-order valence-electron chi connectivity index (χ1n) is 9.72. The van der Waals surface area contributed by atoms with E-state index >= 15 is 0 Å². The van der Waals surface area contributed by atoms with Crippen molar-refractivity contribution < 1.29 is 14.3 Å². The Bertz CT molecular complexity index is 801. The fraction of sp³-hybridized carbons (Fsp3) is 0.524. The van der Waals surface area contributed by atoms with Gasteiger partial charge in [-0.1, -0.05) is 6.07 Å². The van der Waals surface area contributed by atoms with Gasteiger partial charge in [-0.2, -0.15) is 0 Å². The van der Waals surface area contributed by atoms with Crippen LogP contribution in [-0.2, 0) is 9.53 Å². The molecule has 2 aromatic rings. The smallest absolute Gasteiger partial charge is 0.249 e. The summed E-state index contributed by atoms with van der Waals surface area (Å²) in [4.78, 5) is 16.6. The molecule has 6 nitrogen and oxygen atoms in total. The molecule has 1 aromatic carbocycles. The molecule has 0 radical (unpaired) electrons. The van der Waals surface area contributed by atoms with E-state index in [1.165, 1.54) is 0 Å². The SMILES string of the molecule is CCOC(C)C(=O)NC1CCC(Oc2cccc3nc(C)cc(N)c23)CC1. The second kappa shape index (κ2) is 8.57.